The van der Waals surface area contributed by atoms with Crippen LogP contribution in [0.3, 0.4) is 0 Å². The number of carbonyl (C=O) groups excluding carboxylic acids is 5. The summed E-state index contributed by atoms with van der Waals surface area (Å²) in [6, 6.07) is -0.684. The summed E-state index contributed by atoms with van der Waals surface area (Å²) >= 11 is 0. The largest absolute Gasteiger partial charge is 0.454 e. The van der Waals surface area contributed by atoms with Gasteiger partial charge in [-0.1, -0.05) is 13.8 Å². The van der Waals surface area contributed by atoms with Crippen LogP contribution in [-0.4, -0.2) is 60.1 Å². The quantitative estimate of drug-likeness (QED) is 0.488. The van der Waals surface area contributed by atoms with Gasteiger partial charge in [0.1, 0.15) is 12.1 Å². The van der Waals surface area contributed by atoms with E-state index in [9.17, 15) is 24.0 Å². The lowest BCUT2D eigenvalue weighted by atomic mass is 9.93. The maximum Gasteiger partial charge on any atom is 0.413 e. The summed E-state index contributed by atoms with van der Waals surface area (Å²) in [5.74, 6) is -2.33. The highest BCUT2D eigenvalue weighted by Gasteiger charge is 2.49. The van der Waals surface area contributed by atoms with Crippen LogP contribution in [0.1, 0.15) is 33.6 Å². The Morgan fingerprint density at radius 1 is 1.12 bits per heavy atom. The molecular weight excluding hydrogens is 322 g/mol. The molecule has 0 saturated carbocycles. The van der Waals surface area contributed by atoms with E-state index in [0.29, 0.717) is 12.8 Å². The molecule has 1 rings (SSSR count). The molecule has 1 aliphatic heterocycles. The van der Waals surface area contributed by atoms with E-state index in [1.54, 1.807) is 20.8 Å². The lowest BCUT2D eigenvalue weighted by Crippen LogP contribution is -2.46. The van der Waals surface area contributed by atoms with E-state index in [0.717, 1.165) is 4.90 Å². The van der Waals surface area contributed by atoms with Crippen molar-refractivity contribution in [2.45, 2.75) is 39.2 Å². The Labute approximate surface area is 138 Å². The zero-order valence-electron chi connectivity index (χ0n) is 13.8. The molecule has 2 N–H and O–H groups in total. The summed E-state index contributed by atoms with van der Waals surface area (Å²) < 4.78 is 9.13. The van der Waals surface area contributed by atoms with Crippen molar-refractivity contribution < 1.29 is 33.4 Å². The molecule has 1 fully saturated rings. The fraction of sp³-hybridized carbons (Fsp3) is 0.643. The molecule has 1 heterocycles. The van der Waals surface area contributed by atoms with Crippen LogP contribution in [0.2, 0.25) is 0 Å². The summed E-state index contributed by atoms with van der Waals surface area (Å²) in [7, 11) is 0. The number of imide groups is 2. The van der Waals surface area contributed by atoms with Crippen molar-refractivity contribution in [3.8, 4) is 0 Å². The van der Waals surface area contributed by atoms with Gasteiger partial charge in [0.05, 0.1) is 6.61 Å². The van der Waals surface area contributed by atoms with Crippen molar-refractivity contribution in [2.24, 2.45) is 0 Å². The molecule has 1 aliphatic rings. The van der Waals surface area contributed by atoms with Crippen molar-refractivity contribution in [3.63, 3.8) is 0 Å². The minimum absolute atomic E-state index is 0.0850. The monoisotopic (exact) mass is 343 g/mol. The van der Waals surface area contributed by atoms with E-state index in [2.05, 4.69) is 14.8 Å². The van der Waals surface area contributed by atoms with Gasteiger partial charge in [-0.05, 0) is 19.8 Å². The van der Waals surface area contributed by atoms with E-state index >= 15 is 0 Å². The SMILES string of the molecule is CCOC(=O)NC(=O)COC(=O)CN1C(=O)NC(CC)(CC)C1=O. The first-order chi connectivity index (χ1) is 11.3. The molecule has 0 spiro atoms. The highest BCUT2D eigenvalue weighted by molar-refractivity contribution is 6.08. The number of hydrogen-bond acceptors (Lipinski definition) is 7. The molecule has 0 aromatic rings. The molecule has 5 amide bonds. The summed E-state index contributed by atoms with van der Waals surface area (Å²) in [6.45, 7) is 3.82. The van der Waals surface area contributed by atoms with Gasteiger partial charge in [-0.15, -0.1) is 0 Å². The molecule has 0 aliphatic carbocycles. The predicted octanol–water partition coefficient (Wildman–Crippen LogP) is -0.0871. The van der Waals surface area contributed by atoms with Crippen molar-refractivity contribution in [3.05, 3.63) is 0 Å². The second kappa shape index (κ2) is 8.27. The Morgan fingerprint density at radius 3 is 2.25 bits per heavy atom. The zero-order valence-corrected chi connectivity index (χ0v) is 13.8. The maximum absolute atomic E-state index is 12.3. The molecule has 0 unspecified atom stereocenters. The van der Waals surface area contributed by atoms with E-state index in [-0.39, 0.29) is 6.61 Å². The fourth-order valence-electron chi connectivity index (χ4n) is 2.19. The maximum atomic E-state index is 12.3. The highest BCUT2D eigenvalue weighted by Crippen LogP contribution is 2.24. The first-order valence-corrected chi connectivity index (χ1v) is 7.56. The van der Waals surface area contributed by atoms with Crippen LogP contribution in [0.5, 0.6) is 0 Å². The standard InChI is InChI=1S/C14H21N3O7/c1-4-14(5-2)11(20)17(12(21)16-14)7-10(19)24-8-9(18)15-13(22)23-6-3/h4-8H2,1-3H3,(H,16,21)(H,15,18,22). The third kappa shape index (κ3) is 4.43. The van der Waals surface area contributed by atoms with Crippen LogP contribution in [0.4, 0.5) is 9.59 Å². The minimum Gasteiger partial charge on any atom is -0.454 e. The van der Waals surface area contributed by atoms with Gasteiger partial charge < -0.3 is 14.8 Å². The van der Waals surface area contributed by atoms with Crippen molar-refractivity contribution in [2.75, 3.05) is 19.8 Å². The molecule has 0 aromatic heterocycles. The number of esters is 1. The minimum atomic E-state index is -1.02. The molecule has 134 valence electrons. The van der Waals surface area contributed by atoms with Crippen LogP contribution in [0.25, 0.3) is 0 Å². The predicted molar refractivity (Wildman–Crippen MR) is 79.7 cm³/mol. The third-order valence-electron chi connectivity index (χ3n) is 3.62. The number of alkyl carbamates (subject to hydrolysis) is 1. The van der Waals surface area contributed by atoms with Gasteiger partial charge in [0.25, 0.3) is 11.8 Å². The number of nitrogens with one attached hydrogen (secondary N) is 2. The van der Waals surface area contributed by atoms with Gasteiger partial charge >= 0.3 is 18.1 Å². The summed E-state index contributed by atoms with van der Waals surface area (Å²) in [4.78, 5) is 58.9. The van der Waals surface area contributed by atoms with Crippen molar-refractivity contribution >= 4 is 29.9 Å². The number of hydrogen-bond donors (Lipinski definition) is 2. The van der Waals surface area contributed by atoms with E-state index in [1.807, 2.05) is 5.32 Å². The number of nitrogens with zero attached hydrogens (tertiary/aromatic N) is 1. The van der Waals surface area contributed by atoms with E-state index < -0.39 is 48.6 Å². The first kappa shape index (κ1) is 19.4. The molecule has 1 saturated heterocycles. The highest BCUT2D eigenvalue weighted by atomic mass is 16.6. The second-order valence-corrected chi connectivity index (χ2v) is 5.04. The van der Waals surface area contributed by atoms with Gasteiger partial charge in [0, 0.05) is 0 Å². The Bertz CT molecular complexity index is 542. The van der Waals surface area contributed by atoms with Crippen molar-refractivity contribution in [1.82, 2.24) is 15.5 Å². The van der Waals surface area contributed by atoms with E-state index in [1.165, 1.54) is 0 Å². The normalized spacial score (nSPS) is 15.7. The van der Waals surface area contributed by atoms with Gasteiger partial charge in [-0.3, -0.25) is 24.6 Å². The van der Waals surface area contributed by atoms with Gasteiger partial charge in [-0.25, -0.2) is 9.59 Å². The molecule has 10 nitrogen and oxygen atoms in total. The number of rotatable bonds is 7. The molecule has 0 atom stereocenters. The third-order valence-corrected chi connectivity index (χ3v) is 3.62. The average Bonchev–Trinajstić information content (AvgIpc) is 2.77. The average molecular weight is 343 g/mol. The molecule has 0 bridgehead atoms. The number of amides is 5. The Morgan fingerprint density at radius 2 is 1.75 bits per heavy atom. The Kier molecular flexibility index (Phi) is 6.69. The molecule has 24 heavy (non-hydrogen) atoms. The lowest BCUT2D eigenvalue weighted by Gasteiger charge is -2.22. The van der Waals surface area contributed by atoms with E-state index in [4.69, 9.17) is 0 Å². The summed E-state index contributed by atoms with van der Waals surface area (Å²) in [5.41, 5.74) is -1.02. The lowest BCUT2D eigenvalue weighted by molar-refractivity contribution is -0.151. The topological polar surface area (TPSA) is 131 Å². The van der Waals surface area contributed by atoms with Gasteiger partial charge in [0.15, 0.2) is 6.61 Å². The molecule has 0 aromatic carbocycles. The molecule has 0 radical (unpaired) electrons. The van der Waals surface area contributed by atoms with Crippen LogP contribution in [0.15, 0.2) is 0 Å². The van der Waals surface area contributed by atoms with Gasteiger partial charge in [0.2, 0.25) is 0 Å². The van der Waals surface area contributed by atoms with Crippen LogP contribution >= 0.6 is 0 Å². The number of urea groups is 1. The fourth-order valence-corrected chi connectivity index (χ4v) is 2.19. The first-order valence-electron chi connectivity index (χ1n) is 7.56. The second-order valence-electron chi connectivity index (χ2n) is 5.04. The number of carbonyl (C=O) groups is 5. The molecule has 10 heteroatoms. The van der Waals surface area contributed by atoms with Gasteiger partial charge in [-0.2, -0.15) is 0 Å². The summed E-state index contributed by atoms with van der Waals surface area (Å²) in [6.07, 6.45) is -0.174. The summed E-state index contributed by atoms with van der Waals surface area (Å²) in [5, 5.41) is 4.41. The Balaban J connectivity index is 2.51. The van der Waals surface area contributed by atoms with Crippen molar-refractivity contribution in [1.29, 1.82) is 0 Å². The zero-order chi connectivity index (χ0) is 18.3. The smallest absolute Gasteiger partial charge is 0.413 e. The van der Waals surface area contributed by atoms with Crippen LogP contribution in [0, 0.1) is 0 Å². The number of ether oxygens (including phenoxy) is 2. The van der Waals surface area contributed by atoms with Crippen LogP contribution in [-0.2, 0) is 23.9 Å². The molecular formula is C14H21N3O7. The van der Waals surface area contributed by atoms with Crippen LogP contribution < -0.4 is 10.6 Å². The Hall–Kier alpha value is -2.65.